The van der Waals surface area contributed by atoms with Crippen LogP contribution in [0, 0.1) is 0 Å². The van der Waals surface area contributed by atoms with E-state index in [-0.39, 0.29) is 5.91 Å². The van der Waals surface area contributed by atoms with Crippen LogP contribution >= 0.6 is 23.1 Å². The van der Waals surface area contributed by atoms with E-state index in [0.717, 1.165) is 53.2 Å². The molecule has 146 valence electrons. The zero-order valence-corrected chi connectivity index (χ0v) is 17.4. The molecule has 2 aromatic rings. The number of nitrogen functional groups attached to an aromatic ring is 1. The molecule has 0 aromatic carbocycles. The lowest BCUT2D eigenvalue weighted by Crippen LogP contribution is -2.36. The minimum atomic E-state index is 0.185. The molecule has 2 aliphatic carbocycles. The van der Waals surface area contributed by atoms with Crippen LogP contribution in [0.3, 0.4) is 0 Å². The summed E-state index contributed by atoms with van der Waals surface area (Å²) in [4.78, 5) is 23.8. The molecule has 5 nitrogen and oxygen atoms in total. The van der Waals surface area contributed by atoms with E-state index in [1.165, 1.54) is 42.5 Å². The molecule has 1 saturated carbocycles. The van der Waals surface area contributed by atoms with Crippen molar-refractivity contribution in [2.24, 2.45) is 0 Å². The number of hydrogen-bond acceptors (Lipinski definition) is 6. The van der Waals surface area contributed by atoms with E-state index in [2.05, 4.69) is 10.3 Å². The summed E-state index contributed by atoms with van der Waals surface area (Å²) in [6, 6.07) is 0.398. The topological polar surface area (TPSA) is 80.9 Å². The highest BCUT2D eigenvalue weighted by Gasteiger charge is 2.20. The van der Waals surface area contributed by atoms with E-state index in [1.54, 1.807) is 23.1 Å². The van der Waals surface area contributed by atoms with E-state index in [0.29, 0.717) is 18.3 Å². The van der Waals surface area contributed by atoms with Gasteiger partial charge in [-0.1, -0.05) is 31.0 Å². The molecule has 0 saturated heterocycles. The van der Waals surface area contributed by atoms with Gasteiger partial charge in [-0.05, 0) is 50.5 Å². The van der Waals surface area contributed by atoms with Crippen molar-refractivity contribution in [3.05, 3.63) is 10.4 Å². The molecular formula is C20H28N4OS2. The number of nitrogens with one attached hydrogen (secondary N) is 1. The Morgan fingerprint density at radius 2 is 1.96 bits per heavy atom. The molecule has 1 fully saturated rings. The maximum Gasteiger partial charge on any atom is 0.220 e. The summed E-state index contributed by atoms with van der Waals surface area (Å²) in [6.07, 6.45) is 12.2. The van der Waals surface area contributed by atoms with Crippen molar-refractivity contribution in [1.82, 2.24) is 15.3 Å². The fourth-order valence-corrected chi connectivity index (χ4v) is 6.29. The van der Waals surface area contributed by atoms with Gasteiger partial charge in [0.15, 0.2) is 5.16 Å². The molecule has 4 rings (SSSR count). The van der Waals surface area contributed by atoms with Crippen molar-refractivity contribution in [2.45, 2.75) is 81.8 Å². The van der Waals surface area contributed by atoms with Crippen molar-refractivity contribution in [1.29, 1.82) is 0 Å². The molecule has 2 aromatic heterocycles. The Hall–Kier alpha value is -1.34. The van der Waals surface area contributed by atoms with E-state index in [4.69, 9.17) is 10.7 Å². The lowest BCUT2D eigenvalue weighted by atomic mass is 9.95. The molecule has 1 amide bonds. The van der Waals surface area contributed by atoms with Crippen LogP contribution in [0.2, 0.25) is 0 Å². The van der Waals surface area contributed by atoms with Crippen molar-refractivity contribution >= 4 is 45.0 Å². The predicted octanol–water partition coefficient (Wildman–Crippen LogP) is 4.47. The first kappa shape index (κ1) is 19.0. The summed E-state index contributed by atoms with van der Waals surface area (Å²) < 4.78 is 0. The molecule has 2 heterocycles. The average Bonchev–Trinajstić information content (AvgIpc) is 3.05. The summed E-state index contributed by atoms with van der Waals surface area (Å²) in [6.45, 7) is 0. The van der Waals surface area contributed by atoms with Crippen LogP contribution in [0.1, 0.15) is 68.2 Å². The number of carbonyl (C=O) groups is 1. The number of aryl methyl sites for hydroxylation is 2. The SMILES string of the molecule is Nc1nc(SCCCC(=O)NC2CCCCC2)nc2sc3c(c12)CCCC3. The van der Waals surface area contributed by atoms with Gasteiger partial charge in [-0.3, -0.25) is 4.79 Å². The summed E-state index contributed by atoms with van der Waals surface area (Å²) in [5.74, 6) is 1.65. The van der Waals surface area contributed by atoms with Crippen molar-refractivity contribution in [3.63, 3.8) is 0 Å². The van der Waals surface area contributed by atoms with Gasteiger partial charge >= 0.3 is 0 Å². The first-order valence-electron chi connectivity index (χ1n) is 10.2. The monoisotopic (exact) mass is 404 g/mol. The van der Waals surface area contributed by atoms with Crippen molar-refractivity contribution < 1.29 is 4.79 Å². The van der Waals surface area contributed by atoms with E-state index in [9.17, 15) is 4.79 Å². The maximum atomic E-state index is 12.1. The van der Waals surface area contributed by atoms with Crippen LogP contribution in [0.15, 0.2) is 5.16 Å². The number of thiophene rings is 1. The molecule has 7 heteroatoms. The number of nitrogens with zero attached hydrogens (tertiary/aromatic N) is 2. The number of nitrogens with two attached hydrogens (primary N) is 1. The molecule has 27 heavy (non-hydrogen) atoms. The van der Waals surface area contributed by atoms with Gasteiger partial charge in [0.05, 0.1) is 5.39 Å². The first-order valence-corrected chi connectivity index (χ1v) is 12.0. The number of aromatic nitrogens is 2. The van der Waals surface area contributed by atoms with Crippen LogP contribution in [-0.4, -0.2) is 27.7 Å². The molecule has 0 spiro atoms. The Balaban J connectivity index is 1.29. The third-order valence-electron chi connectivity index (χ3n) is 5.57. The van der Waals surface area contributed by atoms with Crippen LogP contribution < -0.4 is 11.1 Å². The van der Waals surface area contributed by atoms with Gasteiger partial charge in [0.2, 0.25) is 5.91 Å². The van der Waals surface area contributed by atoms with Gasteiger partial charge in [0.1, 0.15) is 10.6 Å². The van der Waals surface area contributed by atoms with Gasteiger partial charge in [0, 0.05) is 23.1 Å². The summed E-state index contributed by atoms with van der Waals surface area (Å²) in [7, 11) is 0. The van der Waals surface area contributed by atoms with Gasteiger partial charge in [-0.15, -0.1) is 11.3 Å². The predicted molar refractivity (Wildman–Crippen MR) is 113 cm³/mol. The Kier molecular flexibility index (Phi) is 6.18. The number of fused-ring (bicyclic) bond motifs is 3. The van der Waals surface area contributed by atoms with Crippen LogP contribution in [0.4, 0.5) is 5.82 Å². The minimum absolute atomic E-state index is 0.185. The van der Waals surface area contributed by atoms with E-state index < -0.39 is 0 Å². The molecule has 0 aliphatic heterocycles. The Morgan fingerprint density at radius 1 is 1.15 bits per heavy atom. The third-order valence-corrected chi connectivity index (χ3v) is 7.69. The molecule has 0 atom stereocenters. The van der Waals surface area contributed by atoms with Crippen molar-refractivity contribution in [3.8, 4) is 0 Å². The van der Waals surface area contributed by atoms with Crippen LogP contribution in [-0.2, 0) is 17.6 Å². The second-order valence-corrected chi connectivity index (χ2v) is 9.78. The third kappa shape index (κ3) is 4.57. The second kappa shape index (κ2) is 8.78. The lowest BCUT2D eigenvalue weighted by Gasteiger charge is -2.22. The number of rotatable bonds is 6. The van der Waals surface area contributed by atoms with Gasteiger partial charge in [-0.2, -0.15) is 0 Å². The van der Waals surface area contributed by atoms with E-state index >= 15 is 0 Å². The number of amides is 1. The molecular weight excluding hydrogens is 376 g/mol. The smallest absolute Gasteiger partial charge is 0.220 e. The quantitative estimate of drug-likeness (QED) is 0.422. The highest BCUT2D eigenvalue weighted by molar-refractivity contribution is 7.99. The Morgan fingerprint density at radius 3 is 2.81 bits per heavy atom. The van der Waals surface area contributed by atoms with Crippen LogP contribution in [0.25, 0.3) is 10.2 Å². The summed E-state index contributed by atoms with van der Waals surface area (Å²) in [5, 5.41) is 5.01. The largest absolute Gasteiger partial charge is 0.383 e. The highest BCUT2D eigenvalue weighted by atomic mass is 32.2. The zero-order valence-electron chi connectivity index (χ0n) is 15.8. The number of carbonyl (C=O) groups excluding carboxylic acids is 1. The minimum Gasteiger partial charge on any atom is -0.383 e. The maximum absolute atomic E-state index is 12.1. The fraction of sp³-hybridized carbons (Fsp3) is 0.650. The Labute approximate surface area is 168 Å². The average molecular weight is 405 g/mol. The number of hydrogen-bond donors (Lipinski definition) is 2. The van der Waals surface area contributed by atoms with Crippen LogP contribution in [0.5, 0.6) is 0 Å². The first-order chi connectivity index (χ1) is 13.2. The fourth-order valence-electron chi connectivity index (χ4n) is 4.17. The van der Waals surface area contributed by atoms with Crippen molar-refractivity contribution in [2.75, 3.05) is 11.5 Å². The molecule has 0 bridgehead atoms. The number of anilines is 1. The lowest BCUT2D eigenvalue weighted by molar-refractivity contribution is -0.122. The molecule has 3 N–H and O–H groups in total. The zero-order chi connectivity index (χ0) is 18.6. The highest BCUT2D eigenvalue weighted by Crippen LogP contribution is 2.38. The standard InChI is InChI=1S/C20H28N4OS2/c21-18-17-14-9-4-5-10-15(14)27-19(17)24-20(23-18)26-12-6-11-16(25)22-13-7-2-1-3-8-13/h13H,1-12H2,(H,22,25)(H2,21,23,24). The number of thioether (sulfide) groups is 1. The van der Waals surface area contributed by atoms with E-state index in [1.807, 2.05) is 0 Å². The molecule has 0 unspecified atom stereocenters. The molecule has 2 aliphatic rings. The summed E-state index contributed by atoms with van der Waals surface area (Å²) >= 11 is 3.39. The normalized spacial score (nSPS) is 17.8. The van der Waals surface area contributed by atoms with Gasteiger partial charge in [0.25, 0.3) is 0 Å². The van der Waals surface area contributed by atoms with Gasteiger partial charge in [-0.25, -0.2) is 9.97 Å². The van der Waals surface area contributed by atoms with Gasteiger partial charge < -0.3 is 11.1 Å². The molecule has 0 radical (unpaired) electrons. The second-order valence-electron chi connectivity index (χ2n) is 7.64. The Bertz CT molecular complexity index is 814. The summed E-state index contributed by atoms with van der Waals surface area (Å²) in [5.41, 5.74) is 7.64.